The maximum atomic E-state index is 11.4. The van der Waals surface area contributed by atoms with Crippen LogP contribution in [0.15, 0.2) is 31.0 Å². The Bertz CT molecular complexity index is 1010. The number of nitrogens with zero attached hydrogens (tertiary/aromatic N) is 5. The number of hydrogen-bond donors (Lipinski definition) is 2. The molecule has 0 saturated heterocycles. The molecular weight excluding hydrogens is 354 g/mol. The molecule has 8 nitrogen and oxygen atoms in total. The van der Waals surface area contributed by atoms with Crippen LogP contribution in [0.1, 0.15) is 45.1 Å². The summed E-state index contributed by atoms with van der Waals surface area (Å²) in [5, 5.41) is 17.9. The number of nitrogens with one attached hydrogen (secondary N) is 2. The number of carbonyl (C=O) groups is 1. The minimum absolute atomic E-state index is 0.00291. The molecule has 0 radical (unpaired) electrons. The Hall–Kier alpha value is -3.21. The number of aromatic nitrogens is 5. The second-order valence-electron chi connectivity index (χ2n) is 7.42. The Morgan fingerprint density at radius 3 is 3.18 bits per heavy atom. The van der Waals surface area contributed by atoms with E-state index in [0.29, 0.717) is 12.3 Å². The van der Waals surface area contributed by atoms with Gasteiger partial charge < -0.3 is 10.3 Å². The molecule has 1 aliphatic carbocycles. The second-order valence-corrected chi connectivity index (χ2v) is 7.42. The minimum Gasteiger partial charge on any atom is -0.354 e. The number of amides is 1. The number of carbonyl (C=O) groups excluding carboxylic acids is 1. The summed E-state index contributed by atoms with van der Waals surface area (Å²) in [6, 6.07) is 4.43. The van der Waals surface area contributed by atoms with Crippen LogP contribution >= 0.6 is 0 Å². The van der Waals surface area contributed by atoms with E-state index < -0.39 is 0 Å². The molecule has 3 aromatic heterocycles. The fraction of sp³-hybridized carbons (Fsp3) is 0.450. The van der Waals surface area contributed by atoms with Gasteiger partial charge in [-0.1, -0.05) is 6.42 Å². The van der Waals surface area contributed by atoms with Gasteiger partial charge in [-0.2, -0.15) is 10.4 Å². The summed E-state index contributed by atoms with van der Waals surface area (Å²) in [6.07, 6.45) is 11.5. The summed E-state index contributed by atoms with van der Waals surface area (Å²) in [6.45, 7) is 1.56. The quantitative estimate of drug-likeness (QED) is 0.710. The van der Waals surface area contributed by atoms with Crippen LogP contribution in [0.3, 0.4) is 0 Å². The van der Waals surface area contributed by atoms with Gasteiger partial charge >= 0.3 is 0 Å². The third-order valence-corrected chi connectivity index (χ3v) is 5.54. The minimum atomic E-state index is -0.0149. The monoisotopic (exact) mass is 377 g/mol. The first-order chi connectivity index (χ1) is 13.7. The van der Waals surface area contributed by atoms with E-state index in [1.165, 1.54) is 6.33 Å². The summed E-state index contributed by atoms with van der Waals surface area (Å²) in [4.78, 5) is 23.2. The molecule has 3 atom stereocenters. The van der Waals surface area contributed by atoms with Crippen LogP contribution in [-0.2, 0) is 4.79 Å². The summed E-state index contributed by atoms with van der Waals surface area (Å²) in [5.74, 6) is 0.304. The molecule has 1 saturated carbocycles. The van der Waals surface area contributed by atoms with Gasteiger partial charge in [-0.15, -0.1) is 0 Å². The van der Waals surface area contributed by atoms with Gasteiger partial charge in [0.15, 0.2) is 0 Å². The van der Waals surface area contributed by atoms with Crippen LogP contribution in [0.25, 0.3) is 22.3 Å². The summed E-state index contributed by atoms with van der Waals surface area (Å²) < 4.78 is 1.90. The van der Waals surface area contributed by atoms with Gasteiger partial charge in [0.25, 0.3) is 0 Å². The molecule has 0 aliphatic heterocycles. The molecule has 0 aromatic carbocycles. The van der Waals surface area contributed by atoms with E-state index in [0.717, 1.165) is 48.0 Å². The van der Waals surface area contributed by atoms with Crippen molar-refractivity contribution in [2.75, 3.05) is 0 Å². The average molecular weight is 377 g/mol. The number of hydrogen-bond acceptors (Lipinski definition) is 5. The van der Waals surface area contributed by atoms with Crippen molar-refractivity contribution in [3.63, 3.8) is 0 Å². The van der Waals surface area contributed by atoms with E-state index in [4.69, 9.17) is 0 Å². The number of nitriles is 1. The predicted octanol–water partition coefficient (Wildman–Crippen LogP) is 2.97. The van der Waals surface area contributed by atoms with Crippen molar-refractivity contribution in [1.29, 1.82) is 5.26 Å². The Kier molecular flexibility index (Phi) is 5.06. The summed E-state index contributed by atoms with van der Waals surface area (Å²) in [7, 11) is 0. The molecule has 8 heteroatoms. The normalized spacial score (nSPS) is 20.6. The molecule has 2 unspecified atom stereocenters. The highest BCUT2D eigenvalue weighted by Gasteiger charge is 2.30. The van der Waals surface area contributed by atoms with Gasteiger partial charge in [0.05, 0.1) is 30.4 Å². The average Bonchev–Trinajstić information content (AvgIpc) is 3.35. The first-order valence-corrected chi connectivity index (χ1v) is 9.62. The zero-order chi connectivity index (χ0) is 19.5. The number of H-pyrrole nitrogens is 1. The molecule has 3 aromatic rings. The highest BCUT2D eigenvalue weighted by molar-refractivity contribution is 5.89. The van der Waals surface area contributed by atoms with Crippen molar-refractivity contribution in [2.24, 2.45) is 5.92 Å². The third kappa shape index (κ3) is 3.60. The Morgan fingerprint density at radius 2 is 2.36 bits per heavy atom. The molecule has 4 rings (SSSR count). The van der Waals surface area contributed by atoms with Crippen molar-refractivity contribution in [3.05, 3.63) is 31.0 Å². The Balaban J connectivity index is 1.60. The molecule has 0 spiro atoms. The van der Waals surface area contributed by atoms with Crippen molar-refractivity contribution in [2.45, 2.75) is 51.1 Å². The van der Waals surface area contributed by atoms with Gasteiger partial charge in [0.2, 0.25) is 5.91 Å². The van der Waals surface area contributed by atoms with Crippen LogP contribution in [0.4, 0.5) is 0 Å². The topological polar surface area (TPSA) is 112 Å². The fourth-order valence-corrected chi connectivity index (χ4v) is 4.31. The maximum Gasteiger partial charge on any atom is 0.217 e. The number of aromatic amines is 1. The van der Waals surface area contributed by atoms with Crippen LogP contribution < -0.4 is 5.32 Å². The molecular formula is C20H23N7O. The lowest BCUT2D eigenvalue weighted by atomic mass is 9.80. The summed E-state index contributed by atoms with van der Waals surface area (Å²) >= 11 is 0. The molecule has 1 aliphatic rings. The van der Waals surface area contributed by atoms with Crippen LogP contribution in [0.2, 0.25) is 0 Å². The van der Waals surface area contributed by atoms with E-state index >= 15 is 0 Å². The molecule has 3 heterocycles. The maximum absolute atomic E-state index is 11.4. The molecule has 1 fully saturated rings. The van der Waals surface area contributed by atoms with Crippen molar-refractivity contribution in [3.8, 4) is 17.3 Å². The van der Waals surface area contributed by atoms with E-state index in [2.05, 4.69) is 31.4 Å². The first-order valence-electron chi connectivity index (χ1n) is 9.62. The number of rotatable bonds is 5. The van der Waals surface area contributed by atoms with Crippen molar-refractivity contribution < 1.29 is 4.79 Å². The Labute approximate surface area is 163 Å². The molecule has 28 heavy (non-hydrogen) atoms. The van der Waals surface area contributed by atoms with Gasteiger partial charge in [0, 0.05) is 36.3 Å². The second kappa shape index (κ2) is 7.80. The highest BCUT2D eigenvalue weighted by atomic mass is 16.1. The SMILES string of the molecule is CC(=O)N[C@@H]1CCCC(C(CC#N)n2cc(-c3ncnc4[nH]ccc34)cn2)C1. The number of fused-ring (bicyclic) bond motifs is 1. The lowest BCUT2D eigenvalue weighted by Gasteiger charge is -2.34. The summed E-state index contributed by atoms with van der Waals surface area (Å²) in [5.41, 5.74) is 2.52. The van der Waals surface area contributed by atoms with E-state index in [9.17, 15) is 10.1 Å². The van der Waals surface area contributed by atoms with Crippen LogP contribution in [0.5, 0.6) is 0 Å². The predicted molar refractivity (Wildman–Crippen MR) is 104 cm³/mol. The third-order valence-electron chi connectivity index (χ3n) is 5.54. The largest absolute Gasteiger partial charge is 0.354 e. The lowest BCUT2D eigenvalue weighted by molar-refractivity contribution is -0.120. The smallest absolute Gasteiger partial charge is 0.217 e. The van der Waals surface area contributed by atoms with Crippen LogP contribution in [-0.4, -0.2) is 36.7 Å². The lowest BCUT2D eigenvalue weighted by Crippen LogP contribution is -2.39. The molecule has 1 amide bonds. The molecule has 2 N–H and O–H groups in total. The van der Waals surface area contributed by atoms with E-state index in [1.807, 2.05) is 23.1 Å². The van der Waals surface area contributed by atoms with Gasteiger partial charge in [-0.25, -0.2) is 9.97 Å². The van der Waals surface area contributed by atoms with E-state index in [1.54, 1.807) is 13.1 Å². The zero-order valence-electron chi connectivity index (χ0n) is 15.8. The van der Waals surface area contributed by atoms with E-state index in [-0.39, 0.29) is 18.0 Å². The zero-order valence-corrected chi connectivity index (χ0v) is 15.8. The van der Waals surface area contributed by atoms with Crippen LogP contribution in [0, 0.1) is 17.2 Å². The Morgan fingerprint density at radius 1 is 1.46 bits per heavy atom. The van der Waals surface area contributed by atoms with Gasteiger partial charge in [-0.3, -0.25) is 9.48 Å². The van der Waals surface area contributed by atoms with Crippen molar-refractivity contribution in [1.82, 2.24) is 30.0 Å². The molecule has 144 valence electrons. The standard InChI is InChI=1S/C20H23N7O/c1-13(28)26-16-4-2-3-14(9-16)18(5-7-21)27-11-15(10-25-27)19-17-6-8-22-20(17)24-12-23-19/h6,8,10-12,14,16,18H,2-5,9H2,1H3,(H,26,28)(H,22,23,24)/t14?,16-,18?/m1/s1. The van der Waals surface area contributed by atoms with Gasteiger partial charge in [-0.05, 0) is 31.2 Å². The van der Waals surface area contributed by atoms with Crippen molar-refractivity contribution >= 4 is 16.9 Å². The van der Waals surface area contributed by atoms with Gasteiger partial charge in [0.1, 0.15) is 12.0 Å². The molecule has 0 bridgehead atoms. The first kappa shape index (κ1) is 18.2. The fourth-order valence-electron chi connectivity index (χ4n) is 4.31. The highest BCUT2D eigenvalue weighted by Crippen LogP contribution is 2.36.